The molecule has 5 heteroatoms. The van der Waals surface area contributed by atoms with E-state index in [9.17, 15) is 8.78 Å². The number of phenolic OH excluding ortho intramolecular Hbond substituents is 1. The maximum atomic E-state index is 13.2. The molecule has 20 heavy (non-hydrogen) atoms. The maximum absolute atomic E-state index is 13.2. The lowest BCUT2D eigenvalue weighted by molar-refractivity contribution is 0.395. The van der Waals surface area contributed by atoms with Crippen LogP contribution < -0.4 is 0 Å². The minimum atomic E-state index is -0.976. The highest BCUT2D eigenvalue weighted by molar-refractivity contribution is 9.10. The summed E-state index contributed by atoms with van der Waals surface area (Å²) in [6.07, 6.45) is 0.284. The second kappa shape index (κ2) is 7.60. The van der Waals surface area contributed by atoms with E-state index in [1.807, 2.05) is 13.8 Å². The van der Waals surface area contributed by atoms with Crippen LogP contribution >= 0.6 is 27.5 Å². The van der Waals surface area contributed by atoms with Gasteiger partial charge in [-0.25, -0.2) is 8.78 Å². The summed E-state index contributed by atoms with van der Waals surface area (Å²) in [5.74, 6) is -2.91. The lowest BCUT2D eigenvalue weighted by Gasteiger charge is -2.07. The molecule has 108 valence electrons. The van der Waals surface area contributed by atoms with E-state index in [1.54, 1.807) is 18.2 Å². The van der Waals surface area contributed by atoms with Gasteiger partial charge in [0, 0.05) is 9.50 Å². The van der Waals surface area contributed by atoms with Gasteiger partial charge in [-0.15, -0.1) is 0 Å². The SMILES string of the molecule is CC.Oc1c(F)cc(Cc2cc(Br)ccc2Cl)cc1F. The van der Waals surface area contributed by atoms with Gasteiger partial charge in [-0.2, -0.15) is 0 Å². The third-order valence-corrected chi connectivity index (χ3v) is 3.34. The van der Waals surface area contributed by atoms with Gasteiger partial charge in [0.2, 0.25) is 0 Å². The number of hydrogen-bond acceptors (Lipinski definition) is 1. The van der Waals surface area contributed by atoms with Gasteiger partial charge in [-0.1, -0.05) is 41.4 Å². The molecule has 0 heterocycles. The molecule has 0 amide bonds. The Morgan fingerprint density at radius 3 is 2.20 bits per heavy atom. The van der Waals surface area contributed by atoms with Gasteiger partial charge in [0.1, 0.15) is 0 Å². The Balaban J connectivity index is 0.000000956. The fourth-order valence-corrected chi connectivity index (χ4v) is 2.21. The second-order valence-corrected chi connectivity index (χ2v) is 5.14. The minimum absolute atomic E-state index is 0.284. The van der Waals surface area contributed by atoms with Crippen LogP contribution in [0.5, 0.6) is 5.75 Å². The summed E-state index contributed by atoms with van der Waals surface area (Å²) in [4.78, 5) is 0. The normalized spacial score (nSPS) is 9.90. The van der Waals surface area contributed by atoms with Crippen molar-refractivity contribution in [1.29, 1.82) is 0 Å². The van der Waals surface area contributed by atoms with Crippen LogP contribution in [-0.4, -0.2) is 5.11 Å². The van der Waals surface area contributed by atoms with E-state index >= 15 is 0 Å². The third-order valence-electron chi connectivity index (χ3n) is 2.48. The number of hydrogen-bond donors (Lipinski definition) is 1. The first-order chi connectivity index (χ1) is 9.47. The Labute approximate surface area is 130 Å². The van der Waals surface area contributed by atoms with E-state index in [-0.39, 0.29) is 6.42 Å². The van der Waals surface area contributed by atoms with E-state index in [2.05, 4.69) is 15.9 Å². The molecule has 2 aromatic carbocycles. The van der Waals surface area contributed by atoms with Gasteiger partial charge in [0.25, 0.3) is 0 Å². The summed E-state index contributed by atoms with van der Waals surface area (Å²) in [6.45, 7) is 4.00. The number of benzene rings is 2. The van der Waals surface area contributed by atoms with Gasteiger partial charge in [-0.05, 0) is 47.9 Å². The Kier molecular flexibility index (Phi) is 6.43. The molecule has 0 unspecified atom stereocenters. The average molecular weight is 364 g/mol. The molecular weight excluding hydrogens is 350 g/mol. The first kappa shape index (κ1) is 16.9. The van der Waals surface area contributed by atoms with Crippen LogP contribution in [0, 0.1) is 11.6 Å². The van der Waals surface area contributed by atoms with Crippen molar-refractivity contribution >= 4 is 27.5 Å². The Hall–Kier alpha value is -1.13. The van der Waals surface area contributed by atoms with Crippen molar-refractivity contribution in [3.63, 3.8) is 0 Å². The molecule has 0 saturated heterocycles. The van der Waals surface area contributed by atoms with Crippen LogP contribution in [0.15, 0.2) is 34.8 Å². The molecule has 2 aromatic rings. The molecular formula is C15H14BrClF2O. The van der Waals surface area contributed by atoms with Gasteiger partial charge >= 0.3 is 0 Å². The summed E-state index contributed by atoms with van der Waals surface area (Å²) >= 11 is 9.30. The smallest absolute Gasteiger partial charge is 0.187 e. The predicted molar refractivity (Wildman–Crippen MR) is 81.3 cm³/mol. The molecule has 0 radical (unpaired) electrons. The zero-order valence-corrected chi connectivity index (χ0v) is 13.4. The van der Waals surface area contributed by atoms with E-state index in [0.29, 0.717) is 10.6 Å². The molecule has 0 aliphatic rings. The van der Waals surface area contributed by atoms with Crippen molar-refractivity contribution in [2.24, 2.45) is 0 Å². The van der Waals surface area contributed by atoms with Crippen molar-refractivity contribution in [3.05, 3.63) is 62.6 Å². The number of aromatic hydroxyl groups is 1. The molecule has 0 spiro atoms. The van der Waals surface area contributed by atoms with Gasteiger partial charge in [0.15, 0.2) is 17.4 Å². The third kappa shape index (κ3) is 4.18. The average Bonchev–Trinajstić information content (AvgIpc) is 2.42. The topological polar surface area (TPSA) is 20.2 Å². The standard InChI is InChI=1S/C13H8BrClF2O.C2H6/c14-9-1-2-10(15)8(6-9)3-7-4-11(16)13(18)12(17)5-7;1-2/h1-2,4-6,18H,3H2;1-2H3. The second-order valence-electron chi connectivity index (χ2n) is 3.82. The Morgan fingerprint density at radius 2 is 1.65 bits per heavy atom. The van der Waals surface area contributed by atoms with Crippen molar-refractivity contribution in [1.82, 2.24) is 0 Å². The number of halogens is 4. The van der Waals surface area contributed by atoms with Crippen molar-refractivity contribution in [2.45, 2.75) is 20.3 Å². The van der Waals surface area contributed by atoms with Gasteiger partial charge in [0.05, 0.1) is 0 Å². The summed E-state index contributed by atoms with van der Waals surface area (Å²) < 4.78 is 27.2. The molecule has 0 aromatic heterocycles. The number of rotatable bonds is 2. The molecule has 0 aliphatic carbocycles. The van der Waals surface area contributed by atoms with Crippen LogP contribution in [0.4, 0.5) is 8.78 Å². The Morgan fingerprint density at radius 1 is 1.10 bits per heavy atom. The van der Waals surface area contributed by atoms with Crippen molar-refractivity contribution in [3.8, 4) is 5.75 Å². The zero-order valence-electron chi connectivity index (χ0n) is 11.1. The van der Waals surface area contributed by atoms with E-state index < -0.39 is 17.4 Å². The number of phenols is 1. The minimum Gasteiger partial charge on any atom is -0.503 e. The molecule has 1 N–H and O–H groups in total. The molecule has 1 nitrogen and oxygen atoms in total. The molecule has 0 aliphatic heterocycles. The highest BCUT2D eigenvalue weighted by Gasteiger charge is 2.11. The summed E-state index contributed by atoms with van der Waals surface area (Å²) in [5.41, 5.74) is 1.15. The van der Waals surface area contributed by atoms with E-state index in [4.69, 9.17) is 16.7 Å². The zero-order chi connectivity index (χ0) is 15.3. The van der Waals surface area contributed by atoms with Crippen LogP contribution in [0.25, 0.3) is 0 Å². The first-order valence-electron chi connectivity index (χ1n) is 6.08. The first-order valence-corrected chi connectivity index (χ1v) is 7.25. The van der Waals surface area contributed by atoms with Crippen LogP contribution in [0.1, 0.15) is 25.0 Å². The lowest BCUT2D eigenvalue weighted by Crippen LogP contribution is -1.93. The van der Waals surface area contributed by atoms with Crippen molar-refractivity contribution in [2.75, 3.05) is 0 Å². The monoisotopic (exact) mass is 362 g/mol. The van der Waals surface area contributed by atoms with Gasteiger partial charge < -0.3 is 5.11 Å². The summed E-state index contributed by atoms with van der Waals surface area (Å²) in [6, 6.07) is 7.45. The molecule has 0 saturated carbocycles. The van der Waals surface area contributed by atoms with Gasteiger partial charge in [-0.3, -0.25) is 0 Å². The fourth-order valence-electron chi connectivity index (χ4n) is 1.62. The molecule has 0 fully saturated rings. The fraction of sp³-hybridized carbons (Fsp3) is 0.200. The quantitative estimate of drug-likeness (QED) is 0.725. The Bertz CT molecular complexity index is 579. The van der Waals surface area contributed by atoms with E-state index in [1.165, 1.54) is 0 Å². The molecule has 2 rings (SSSR count). The van der Waals surface area contributed by atoms with Crippen molar-refractivity contribution < 1.29 is 13.9 Å². The van der Waals surface area contributed by atoms with E-state index in [0.717, 1.165) is 22.2 Å². The predicted octanol–water partition coefficient (Wildman–Crippen LogP) is 5.70. The molecule has 0 atom stereocenters. The highest BCUT2D eigenvalue weighted by atomic mass is 79.9. The van der Waals surface area contributed by atoms with Crippen LogP contribution in [-0.2, 0) is 6.42 Å². The highest BCUT2D eigenvalue weighted by Crippen LogP contribution is 2.26. The molecule has 0 bridgehead atoms. The summed E-state index contributed by atoms with van der Waals surface area (Å²) in [5, 5.41) is 9.53. The van der Waals surface area contributed by atoms with Crippen LogP contribution in [0.3, 0.4) is 0 Å². The summed E-state index contributed by atoms with van der Waals surface area (Å²) in [7, 11) is 0. The lowest BCUT2D eigenvalue weighted by atomic mass is 10.0. The van der Waals surface area contributed by atoms with Crippen LogP contribution in [0.2, 0.25) is 5.02 Å². The largest absolute Gasteiger partial charge is 0.503 e. The maximum Gasteiger partial charge on any atom is 0.187 e.